The van der Waals surface area contributed by atoms with Gasteiger partial charge in [-0.15, -0.1) is 0 Å². The van der Waals surface area contributed by atoms with Crippen LogP contribution in [0.4, 0.5) is 13.2 Å². The van der Waals surface area contributed by atoms with Crippen molar-refractivity contribution in [1.82, 2.24) is 14.9 Å². The van der Waals surface area contributed by atoms with Crippen LogP contribution in [0.25, 0.3) is 11.3 Å². The summed E-state index contributed by atoms with van der Waals surface area (Å²) < 4.78 is 43.7. The molecule has 0 radical (unpaired) electrons. The van der Waals surface area contributed by atoms with Gasteiger partial charge in [-0.05, 0) is 18.2 Å². The molecule has 9 heteroatoms. The predicted octanol–water partition coefficient (Wildman–Crippen LogP) is 2.01. The maximum atomic E-state index is 12.9. The molecule has 26 heavy (non-hydrogen) atoms. The van der Waals surface area contributed by atoms with E-state index in [1.807, 2.05) is 0 Å². The Morgan fingerprint density at radius 3 is 2.65 bits per heavy atom. The molecule has 0 bridgehead atoms. The minimum Gasteiger partial charge on any atom is -0.392 e. The van der Waals surface area contributed by atoms with Crippen molar-refractivity contribution in [1.29, 1.82) is 0 Å². The maximum absolute atomic E-state index is 12.9. The van der Waals surface area contributed by atoms with Crippen LogP contribution in [0.5, 0.6) is 0 Å². The number of pyridine rings is 2. The van der Waals surface area contributed by atoms with Crippen molar-refractivity contribution in [2.24, 2.45) is 0 Å². The number of hydrogen-bond acceptors (Lipinski definition) is 5. The summed E-state index contributed by atoms with van der Waals surface area (Å²) in [5.41, 5.74) is 0.228. The molecule has 6 nitrogen and oxygen atoms in total. The van der Waals surface area contributed by atoms with Crippen molar-refractivity contribution in [3.05, 3.63) is 47.4 Å². The van der Waals surface area contributed by atoms with Gasteiger partial charge >= 0.3 is 6.18 Å². The fourth-order valence-electron chi connectivity index (χ4n) is 2.59. The first-order chi connectivity index (χ1) is 12.4. The van der Waals surface area contributed by atoms with E-state index in [9.17, 15) is 23.1 Å². The Bertz CT molecular complexity index is 794. The number of rotatable bonds is 4. The first-order valence-corrected chi connectivity index (χ1v) is 7.87. The Kier molecular flexibility index (Phi) is 5.19. The molecule has 1 N–H and O–H groups in total. The van der Waals surface area contributed by atoms with Crippen LogP contribution < -0.4 is 0 Å². The molecule has 1 aliphatic heterocycles. The molecule has 0 aromatic carbocycles. The van der Waals surface area contributed by atoms with Crippen molar-refractivity contribution >= 4 is 5.91 Å². The summed E-state index contributed by atoms with van der Waals surface area (Å²) in [7, 11) is 0. The molecular formula is C17H16F3N3O3. The molecule has 0 saturated carbocycles. The van der Waals surface area contributed by atoms with Crippen molar-refractivity contribution in [2.45, 2.75) is 19.3 Å². The number of alkyl halides is 3. The third-order valence-electron chi connectivity index (χ3n) is 3.97. The second-order valence-electron chi connectivity index (χ2n) is 5.77. The number of aliphatic hydroxyl groups is 1. The van der Waals surface area contributed by atoms with Crippen molar-refractivity contribution in [2.75, 3.05) is 19.8 Å². The summed E-state index contributed by atoms with van der Waals surface area (Å²) in [6.07, 6.45) is -3.19. The van der Waals surface area contributed by atoms with Gasteiger partial charge in [-0.1, -0.05) is 6.07 Å². The third kappa shape index (κ3) is 4.00. The lowest BCUT2D eigenvalue weighted by Crippen LogP contribution is -2.41. The highest BCUT2D eigenvalue weighted by atomic mass is 19.4. The molecule has 138 valence electrons. The summed E-state index contributed by atoms with van der Waals surface area (Å²) in [6, 6.07) is 5.24. The molecule has 1 fully saturated rings. The topological polar surface area (TPSA) is 75.5 Å². The smallest absolute Gasteiger partial charge is 0.392 e. The Morgan fingerprint density at radius 2 is 2.04 bits per heavy atom. The van der Waals surface area contributed by atoms with E-state index in [0.29, 0.717) is 31.0 Å². The number of hydrogen-bond donors (Lipinski definition) is 1. The highest BCUT2D eigenvalue weighted by molar-refractivity contribution is 5.78. The van der Waals surface area contributed by atoms with E-state index in [2.05, 4.69) is 9.97 Å². The van der Waals surface area contributed by atoms with E-state index < -0.39 is 18.5 Å². The predicted molar refractivity (Wildman–Crippen MR) is 84.6 cm³/mol. The van der Waals surface area contributed by atoms with Gasteiger partial charge in [0.1, 0.15) is 12.3 Å². The molecule has 1 aliphatic rings. The summed E-state index contributed by atoms with van der Waals surface area (Å²) in [6.45, 7) is 0.811. The van der Waals surface area contributed by atoms with Crippen LogP contribution in [0.3, 0.4) is 0 Å². The van der Waals surface area contributed by atoms with Crippen LogP contribution in [0.1, 0.15) is 17.0 Å². The number of aromatic nitrogens is 2. The van der Waals surface area contributed by atoms with Crippen LogP contribution in [0.2, 0.25) is 0 Å². The zero-order valence-corrected chi connectivity index (χ0v) is 13.7. The number of amides is 1. The van der Waals surface area contributed by atoms with Crippen LogP contribution >= 0.6 is 0 Å². The van der Waals surface area contributed by atoms with Crippen molar-refractivity contribution in [3.63, 3.8) is 0 Å². The van der Waals surface area contributed by atoms with Crippen LogP contribution in [-0.2, 0) is 28.9 Å². The number of aliphatic hydroxyl groups excluding tert-OH is 1. The van der Waals surface area contributed by atoms with E-state index in [1.165, 1.54) is 12.3 Å². The molecule has 1 amide bonds. The van der Waals surface area contributed by atoms with Crippen molar-refractivity contribution in [3.8, 4) is 11.3 Å². The number of carbonyl (C=O) groups is 1. The summed E-state index contributed by atoms with van der Waals surface area (Å²) in [4.78, 5) is 21.2. The molecule has 0 aliphatic carbocycles. The Balaban J connectivity index is 1.85. The van der Waals surface area contributed by atoms with Gasteiger partial charge in [-0.2, -0.15) is 13.2 Å². The Hall–Kier alpha value is -2.52. The van der Waals surface area contributed by atoms with E-state index in [1.54, 1.807) is 17.0 Å². The average Bonchev–Trinajstić information content (AvgIpc) is 2.63. The SMILES string of the molecule is O=C1COCCN1Cc1ccc(-c2nc(C(F)(F)F)ccc2CO)cn1. The first-order valence-electron chi connectivity index (χ1n) is 7.87. The minimum absolute atomic E-state index is 0.0313. The Morgan fingerprint density at radius 1 is 1.23 bits per heavy atom. The highest BCUT2D eigenvalue weighted by Crippen LogP contribution is 2.31. The van der Waals surface area contributed by atoms with Crippen LogP contribution in [0, 0.1) is 0 Å². The zero-order chi connectivity index (χ0) is 18.7. The van der Waals surface area contributed by atoms with Gasteiger partial charge in [0.25, 0.3) is 0 Å². The quantitative estimate of drug-likeness (QED) is 0.895. The highest BCUT2D eigenvalue weighted by Gasteiger charge is 2.33. The summed E-state index contributed by atoms with van der Waals surface area (Å²) >= 11 is 0. The average molecular weight is 367 g/mol. The molecule has 0 spiro atoms. The van der Waals surface area contributed by atoms with Gasteiger partial charge in [0.2, 0.25) is 5.91 Å². The molecule has 3 heterocycles. The number of ether oxygens (including phenoxy) is 1. The van der Waals surface area contributed by atoms with E-state index in [0.717, 1.165) is 6.07 Å². The van der Waals surface area contributed by atoms with Gasteiger partial charge < -0.3 is 14.7 Å². The lowest BCUT2D eigenvalue weighted by atomic mass is 10.1. The standard InChI is InChI=1S/C17H16F3N3O3/c18-17(19,20)14-4-2-12(9-24)16(22-14)11-1-3-13(21-7-11)8-23-5-6-26-10-15(23)25/h1-4,7,24H,5-6,8-10H2. The summed E-state index contributed by atoms with van der Waals surface area (Å²) in [5, 5.41) is 9.38. The molecule has 2 aromatic heterocycles. The second-order valence-corrected chi connectivity index (χ2v) is 5.77. The molecule has 0 unspecified atom stereocenters. The molecule has 2 aromatic rings. The monoisotopic (exact) mass is 367 g/mol. The lowest BCUT2D eigenvalue weighted by Gasteiger charge is -2.26. The van der Waals surface area contributed by atoms with E-state index >= 15 is 0 Å². The normalized spacial score (nSPS) is 15.4. The maximum Gasteiger partial charge on any atom is 0.433 e. The number of morpholine rings is 1. The van der Waals surface area contributed by atoms with Crippen molar-refractivity contribution < 1.29 is 27.8 Å². The van der Waals surface area contributed by atoms with Gasteiger partial charge in [-0.3, -0.25) is 9.78 Å². The van der Waals surface area contributed by atoms with E-state index in [-0.39, 0.29) is 23.8 Å². The minimum atomic E-state index is -4.58. The second kappa shape index (κ2) is 7.38. The largest absolute Gasteiger partial charge is 0.433 e. The van der Waals surface area contributed by atoms with Gasteiger partial charge in [0.15, 0.2) is 0 Å². The fourth-order valence-corrected chi connectivity index (χ4v) is 2.59. The molecule has 3 rings (SSSR count). The number of nitrogens with zero attached hydrogens (tertiary/aromatic N) is 3. The number of halogens is 3. The molecule has 1 saturated heterocycles. The van der Waals surface area contributed by atoms with Gasteiger partial charge in [-0.25, -0.2) is 4.98 Å². The fraction of sp³-hybridized carbons (Fsp3) is 0.353. The van der Waals surface area contributed by atoms with Gasteiger partial charge in [0.05, 0.1) is 31.1 Å². The number of carbonyl (C=O) groups excluding carboxylic acids is 1. The van der Waals surface area contributed by atoms with Crippen LogP contribution in [0.15, 0.2) is 30.5 Å². The molecule has 0 atom stereocenters. The lowest BCUT2D eigenvalue weighted by molar-refractivity contribution is -0.143. The Labute approximate surface area is 147 Å². The van der Waals surface area contributed by atoms with Gasteiger partial charge in [0, 0.05) is 23.9 Å². The first kappa shape index (κ1) is 18.3. The van der Waals surface area contributed by atoms with Crippen LogP contribution in [-0.4, -0.2) is 45.6 Å². The third-order valence-corrected chi connectivity index (χ3v) is 3.97. The zero-order valence-electron chi connectivity index (χ0n) is 13.7. The molecular weight excluding hydrogens is 351 g/mol. The van der Waals surface area contributed by atoms with E-state index in [4.69, 9.17) is 4.74 Å². The summed E-state index contributed by atoms with van der Waals surface area (Å²) in [5.74, 6) is -0.135.